The number of thioether (sulfide) groups is 1. The number of nitrogens with zero attached hydrogens (tertiary/aromatic N) is 2. The van der Waals surface area contributed by atoms with E-state index in [1.165, 1.54) is 12.2 Å². The van der Waals surface area contributed by atoms with Gasteiger partial charge in [0.2, 0.25) is 0 Å². The molecule has 0 radical (unpaired) electrons. The molecule has 0 spiro atoms. The summed E-state index contributed by atoms with van der Waals surface area (Å²) < 4.78 is 0. The van der Waals surface area contributed by atoms with Crippen LogP contribution in [0.15, 0.2) is 4.99 Å². The highest BCUT2D eigenvalue weighted by atomic mass is 32.2. The lowest BCUT2D eigenvalue weighted by Crippen LogP contribution is -2.41. The van der Waals surface area contributed by atoms with E-state index < -0.39 is 0 Å². The molecule has 1 N–H and O–H groups in total. The number of amidine groups is 1. The molecule has 1 atom stereocenters. The Kier molecular flexibility index (Phi) is 5.32. The molecule has 0 aromatic heterocycles. The maximum atomic E-state index is 4.70. The van der Waals surface area contributed by atoms with Gasteiger partial charge in [0.25, 0.3) is 0 Å². The summed E-state index contributed by atoms with van der Waals surface area (Å²) in [5.41, 5.74) is 0.130. The van der Waals surface area contributed by atoms with Crippen LogP contribution in [0, 0.1) is 5.92 Å². The minimum atomic E-state index is 0.130. The van der Waals surface area contributed by atoms with Crippen molar-refractivity contribution in [3.05, 3.63) is 0 Å². The first-order valence-corrected chi connectivity index (χ1v) is 7.41. The average molecular weight is 257 g/mol. The van der Waals surface area contributed by atoms with Gasteiger partial charge in [-0.3, -0.25) is 4.99 Å². The molecule has 4 heteroatoms. The third-order valence-corrected chi connectivity index (χ3v) is 4.41. The van der Waals surface area contributed by atoms with Crippen LogP contribution in [0.1, 0.15) is 34.1 Å². The van der Waals surface area contributed by atoms with Gasteiger partial charge >= 0.3 is 0 Å². The van der Waals surface area contributed by atoms with Crippen molar-refractivity contribution < 1.29 is 0 Å². The molecule has 0 aromatic rings. The highest BCUT2D eigenvalue weighted by Crippen LogP contribution is 2.20. The average Bonchev–Trinajstić information content (AvgIpc) is 2.61. The molecule has 1 fully saturated rings. The van der Waals surface area contributed by atoms with Crippen molar-refractivity contribution in [3.8, 4) is 0 Å². The van der Waals surface area contributed by atoms with E-state index in [1.807, 2.05) is 11.8 Å². The maximum absolute atomic E-state index is 4.70. The Morgan fingerprint density at radius 1 is 1.47 bits per heavy atom. The first kappa shape index (κ1) is 14.8. The van der Waals surface area contributed by atoms with Crippen molar-refractivity contribution in [2.24, 2.45) is 10.9 Å². The van der Waals surface area contributed by atoms with Gasteiger partial charge in [0.15, 0.2) is 5.17 Å². The lowest BCUT2D eigenvalue weighted by molar-refractivity contribution is 0.205. The summed E-state index contributed by atoms with van der Waals surface area (Å²) in [5.74, 6) is 1.92. The standard InChI is InChI=1S/C13H27N3S/c1-10(2)7-11-8-17-12(15-11)14-9-13(3,4)16(5)6/h10-11H,7-9H2,1-6H3,(H,14,15). The van der Waals surface area contributed by atoms with Crippen LogP contribution < -0.4 is 5.32 Å². The van der Waals surface area contributed by atoms with Crippen LogP contribution >= 0.6 is 11.8 Å². The highest BCUT2D eigenvalue weighted by molar-refractivity contribution is 8.14. The fourth-order valence-electron chi connectivity index (χ4n) is 1.63. The van der Waals surface area contributed by atoms with Crippen molar-refractivity contribution in [2.45, 2.75) is 45.7 Å². The summed E-state index contributed by atoms with van der Waals surface area (Å²) in [4.78, 5) is 6.92. The quantitative estimate of drug-likeness (QED) is 0.820. The van der Waals surface area contributed by atoms with Crippen molar-refractivity contribution >= 4 is 16.9 Å². The largest absolute Gasteiger partial charge is 0.361 e. The zero-order chi connectivity index (χ0) is 13.1. The molecule has 0 bridgehead atoms. The van der Waals surface area contributed by atoms with Gasteiger partial charge < -0.3 is 10.2 Å². The number of hydrogen-bond donors (Lipinski definition) is 1. The second kappa shape index (κ2) is 6.10. The summed E-state index contributed by atoms with van der Waals surface area (Å²) in [6, 6.07) is 0.612. The summed E-state index contributed by atoms with van der Waals surface area (Å²) in [6.07, 6.45) is 1.24. The van der Waals surface area contributed by atoms with Crippen molar-refractivity contribution in [1.82, 2.24) is 10.2 Å². The molecule has 100 valence electrons. The Balaban J connectivity index is 2.43. The Morgan fingerprint density at radius 2 is 2.12 bits per heavy atom. The molecule has 1 saturated heterocycles. The Labute approximate surface area is 110 Å². The van der Waals surface area contributed by atoms with Crippen molar-refractivity contribution in [3.63, 3.8) is 0 Å². The molecule has 17 heavy (non-hydrogen) atoms. The molecule has 1 aliphatic heterocycles. The lowest BCUT2D eigenvalue weighted by atomic mass is 10.1. The molecule has 1 aliphatic rings. The predicted molar refractivity (Wildman–Crippen MR) is 78.9 cm³/mol. The van der Waals surface area contributed by atoms with Gasteiger partial charge in [-0.2, -0.15) is 0 Å². The lowest BCUT2D eigenvalue weighted by Gasteiger charge is -2.30. The van der Waals surface area contributed by atoms with Crippen LogP contribution in [-0.2, 0) is 0 Å². The second-order valence-corrected chi connectivity index (χ2v) is 7.12. The van der Waals surface area contributed by atoms with Gasteiger partial charge in [0.05, 0.1) is 6.54 Å². The van der Waals surface area contributed by atoms with E-state index in [0.29, 0.717) is 6.04 Å². The zero-order valence-corrected chi connectivity index (χ0v) is 12.9. The Bertz CT molecular complexity index is 272. The van der Waals surface area contributed by atoms with Crippen LogP contribution in [0.4, 0.5) is 0 Å². The topological polar surface area (TPSA) is 27.6 Å². The summed E-state index contributed by atoms with van der Waals surface area (Å²) in [6.45, 7) is 9.85. The van der Waals surface area contributed by atoms with E-state index in [9.17, 15) is 0 Å². The van der Waals surface area contributed by atoms with Gasteiger partial charge in [-0.1, -0.05) is 25.6 Å². The van der Waals surface area contributed by atoms with Crippen LogP contribution in [0.25, 0.3) is 0 Å². The maximum Gasteiger partial charge on any atom is 0.156 e. The van der Waals surface area contributed by atoms with Gasteiger partial charge in [0.1, 0.15) is 0 Å². The number of rotatable bonds is 5. The third kappa shape index (κ3) is 4.88. The predicted octanol–water partition coefficient (Wildman–Crippen LogP) is 2.43. The van der Waals surface area contributed by atoms with Crippen LogP contribution in [0.5, 0.6) is 0 Å². The molecular formula is C13H27N3S. The Morgan fingerprint density at radius 3 is 2.65 bits per heavy atom. The van der Waals surface area contributed by atoms with E-state index in [2.05, 4.69) is 52.0 Å². The molecule has 0 amide bonds. The zero-order valence-electron chi connectivity index (χ0n) is 12.1. The monoisotopic (exact) mass is 257 g/mol. The van der Waals surface area contributed by atoms with Crippen LogP contribution in [0.3, 0.4) is 0 Å². The third-order valence-electron chi connectivity index (χ3n) is 3.33. The molecule has 0 aliphatic carbocycles. The van der Waals surface area contributed by atoms with Gasteiger partial charge in [-0.15, -0.1) is 0 Å². The Hall–Kier alpha value is -0.220. The van der Waals surface area contributed by atoms with Crippen LogP contribution in [-0.4, -0.2) is 48.0 Å². The molecule has 1 unspecified atom stereocenters. The van der Waals surface area contributed by atoms with E-state index in [4.69, 9.17) is 4.99 Å². The molecule has 3 nitrogen and oxygen atoms in total. The fraction of sp³-hybridized carbons (Fsp3) is 0.923. The highest BCUT2D eigenvalue weighted by Gasteiger charge is 2.23. The summed E-state index contributed by atoms with van der Waals surface area (Å²) >= 11 is 1.87. The normalized spacial score (nSPS) is 23.8. The molecule has 0 saturated carbocycles. The van der Waals surface area contributed by atoms with E-state index >= 15 is 0 Å². The first-order chi connectivity index (χ1) is 7.81. The first-order valence-electron chi connectivity index (χ1n) is 6.42. The molecule has 1 rings (SSSR count). The van der Waals surface area contributed by atoms with E-state index in [0.717, 1.165) is 17.6 Å². The minimum Gasteiger partial charge on any atom is -0.361 e. The van der Waals surface area contributed by atoms with Crippen molar-refractivity contribution in [2.75, 3.05) is 26.4 Å². The molecule has 1 heterocycles. The smallest absolute Gasteiger partial charge is 0.156 e. The number of likely N-dealkylation sites (N-methyl/N-ethyl adjacent to an activating group) is 1. The summed E-state index contributed by atoms with van der Waals surface area (Å²) in [7, 11) is 4.22. The van der Waals surface area contributed by atoms with E-state index in [1.54, 1.807) is 0 Å². The second-order valence-electron chi connectivity index (χ2n) is 6.11. The summed E-state index contributed by atoms with van der Waals surface area (Å²) in [5, 5.41) is 4.66. The SMILES string of the molecule is CC(C)CC1CSC(=NCC(C)(C)N(C)C)N1. The van der Waals surface area contributed by atoms with Gasteiger partial charge in [0, 0.05) is 17.3 Å². The molecule has 0 aromatic carbocycles. The fourth-order valence-corrected chi connectivity index (χ4v) is 2.62. The number of nitrogens with one attached hydrogen (secondary N) is 1. The van der Waals surface area contributed by atoms with Gasteiger partial charge in [-0.25, -0.2) is 0 Å². The molecular weight excluding hydrogens is 230 g/mol. The number of aliphatic imine (C=N–C) groups is 1. The van der Waals surface area contributed by atoms with Gasteiger partial charge in [-0.05, 0) is 40.3 Å². The minimum absolute atomic E-state index is 0.130. The van der Waals surface area contributed by atoms with Crippen molar-refractivity contribution in [1.29, 1.82) is 0 Å². The van der Waals surface area contributed by atoms with E-state index in [-0.39, 0.29) is 5.54 Å². The van der Waals surface area contributed by atoms with Crippen LogP contribution in [0.2, 0.25) is 0 Å². The number of hydrogen-bond acceptors (Lipinski definition) is 3.